The van der Waals surface area contributed by atoms with Crippen LogP contribution in [0.1, 0.15) is 32.3 Å². The van der Waals surface area contributed by atoms with Crippen LogP contribution in [0.5, 0.6) is 0 Å². The molecule has 0 atom stereocenters. The Hall–Kier alpha value is -1.32. The van der Waals surface area contributed by atoms with Gasteiger partial charge in [-0.05, 0) is 12.8 Å². The average molecular weight is 194 g/mol. The lowest BCUT2D eigenvalue weighted by Crippen LogP contribution is -2.09. The summed E-state index contributed by atoms with van der Waals surface area (Å²) in [5.41, 5.74) is 1.15. The van der Waals surface area contributed by atoms with E-state index in [1.54, 1.807) is 6.33 Å². The van der Waals surface area contributed by atoms with Crippen molar-refractivity contribution in [3.05, 3.63) is 11.9 Å². The highest BCUT2D eigenvalue weighted by molar-refractivity contribution is 5.58. The molecule has 0 bridgehead atoms. The predicted octanol–water partition coefficient (Wildman–Crippen LogP) is 2.07. The summed E-state index contributed by atoms with van der Waals surface area (Å²) < 4.78 is 0. The molecule has 0 saturated heterocycles. The molecular formula is C10H18N4. The Morgan fingerprint density at radius 1 is 1.29 bits per heavy atom. The van der Waals surface area contributed by atoms with E-state index in [1.165, 1.54) is 0 Å². The van der Waals surface area contributed by atoms with Crippen molar-refractivity contribution in [2.45, 2.75) is 26.7 Å². The van der Waals surface area contributed by atoms with Crippen LogP contribution in [-0.2, 0) is 0 Å². The van der Waals surface area contributed by atoms with E-state index in [4.69, 9.17) is 0 Å². The molecule has 0 radical (unpaired) electrons. The summed E-state index contributed by atoms with van der Waals surface area (Å²) in [5.74, 6) is 2.25. The average Bonchev–Trinajstić information content (AvgIpc) is 2.17. The Morgan fingerprint density at radius 2 is 1.93 bits per heavy atom. The monoisotopic (exact) mass is 194 g/mol. The molecule has 0 spiro atoms. The van der Waals surface area contributed by atoms with Gasteiger partial charge in [-0.25, -0.2) is 9.97 Å². The molecule has 78 valence electrons. The topological polar surface area (TPSA) is 49.8 Å². The fraction of sp³-hybridized carbons (Fsp3) is 0.600. The first-order valence-electron chi connectivity index (χ1n) is 4.97. The lowest BCUT2D eigenvalue weighted by atomic mass is 10.0. The number of nitrogens with one attached hydrogen (secondary N) is 2. The molecule has 0 unspecified atom stereocenters. The highest BCUT2D eigenvalue weighted by Crippen LogP contribution is 2.27. The molecule has 0 aromatic carbocycles. The Morgan fingerprint density at radius 3 is 2.43 bits per heavy atom. The van der Waals surface area contributed by atoms with Crippen LogP contribution in [0.25, 0.3) is 0 Å². The van der Waals surface area contributed by atoms with E-state index in [-0.39, 0.29) is 0 Å². The zero-order valence-electron chi connectivity index (χ0n) is 9.26. The highest BCUT2D eigenvalue weighted by atomic mass is 15.1. The summed E-state index contributed by atoms with van der Waals surface area (Å²) in [6.45, 7) is 7.21. The standard InChI is InChI=1S/C10H18N4/c1-5-12-10-8(7(2)3)9(11-4)13-6-14-10/h6-7H,5H2,1-4H3,(H2,11,12,13,14). The predicted molar refractivity (Wildman–Crippen MR) is 59.8 cm³/mol. The fourth-order valence-corrected chi connectivity index (χ4v) is 1.45. The van der Waals surface area contributed by atoms with Gasteiger partial charge in [-0.2, -0.15) is 0 Å². The summed E-state index contributed by atoms with van der Waals surface area (Å²) in [6.07, 6.45) is 1.58. The van der Waals surface area contributed by atoms with Crippen molar-refractivity contribution in [3.63, 3.8) is 0 Å². The first kappa shape index (κ1) is 10.8. The van der Waals surface area contributed by atoms with Crippen molar-refractivity contribution in [2.75, 3.05) is 24.2 Å². The van der Waals surface area contributed by atoms with Crippen LogP contribution in [0.4, 0.5) is 11.6 Å². The quantitative estimate of drug-likeness (QED) is 0.770. The van der Waals surface area contributed by atoms with Gasteiger partial charge in [0.1, 0.15) is 18.0 Å². The summed E-state index contributed by atoms with van der Waals surface area (Å²) >= 11 is 0. The van der Waals surface area contributed by atoms with Crippen LogP contribution in [-0.4, -0.2) is 23.6 Å². The van der Waals surface area contributed by atoms with Gasteiger partial charge in [0.25, 0.3) is 0 Å². The van der Waals surface area contributed by atoms with Gasteiger partial charge in [0.2, 0.25) is 0 Å². The molecule has 14 heavy (non-hydrogen) atoms. The van der Waals surface area contributed by atoms with Crippen LogP contribution in [0.2, 0.25) is 0 Å². The van der Waals surface area contributed by atoms with E-state index < -0.39 is 0 Å². The third-order valence-electron chi connectivity index (χ3n) is 2.04. The molecule has 0 fully saturated rings. The van der Waals surface area contributed by atoms with Gasteiger partial charge in [0.15, 0.2) is 0 Å². The number of hydrogen-bond acceptors (Lipinski definition) is 4. The second-order valence-corrected chi connectivity index (χ2v) is 3.42. The molecule has 4 heteroatoms. The smallest absolute Gasteiger partial charge is 0.134 e. The van der Waals surface area contributed by atoms with Crippen molar-refractivity contribution in [1.29, 1.82) is 0 Å². The molecule has 0 aliphatic heterocycles. The molecule has 1 aromatic heterocycles. The van der Waals surface area contributed by atoms with E-state index in [1.807, 2.05) is 7.05 Å². The molecule has 4 nitrogen and oxygen atoms in total. The highest BCUT2D eigenvalue weighted by Gasteiger charge is 2.12. The number of rotatable bonds is 4. The molecule has 0 saturated carbocycles. The van der Waals surface area contributed by atoms with Crippen LogP contribution < -0.4 is 10.6 Å². The first-order chi connectivity index (χ1) is 6.70. The van der Waals surface area contributed by atoms with E-state index in [0.29, 0.717) is 5.92 Å². The van der Waals surface area contributed by atoms with Crippen molar-refractivity contribution in [3.8, 4) is 0 Å². The van der Waals surface area contributed by atoms with Gasteiger partial charge >= 0.3 is 0 Å². The van der Waals surface area contributed by atoms with Crippen LogP contribution in [0, 0.1) is 0 Å². The number of nitrogens with zero attached hydrogens (tertiary/aromatic N) is 2. The molecule has 1 heterocycles. The van der Waals surface area contributed by atoms with Crippen LogP contribution >= 0.6 is 0 Å². The second-order valence-electron chi connectivity index (χ2n) is 3.42. The number of hydrogen-bond donors (Lipinski definition) is 2. The Labute approximate surface area is 85.2 Å². The van der Waals surface area contributed by atoms with E-state index in [2.05, 4.69) is 41.4 Å². The molecule has 0 amide bonds. The zero-order chi connectivity index (χ0) is 10.6. The zero-order valence-corrected chi connectivity index (χ0v) is 9.26. The molecular weight excluding hydrogens is 176 g/mol. The van der Waals surface area contributed by atoms with E-state index >= 15 is 0 Å². The largest absolute Gasteiger partial charge is 0.373 e. The Kier molecular flexibility index (Phi) is 3.68. The maximum absolute atomic E-state index is 4.24. The van der Waals surface area contributed by atoms with Crippen molar-refractivity contribution < 1.29 is 0 Å². The van der Waals surface area contributed by atoms with Crippen molar-refractivity contribution in [1.82, 2.24) is 9.97 Å². The van der Waals surface area contributed by atoms with Crippen LogP contribution in [0.15, 0.2) is 6.33 Å². The second kappa shape index (κ2) is 4.79. The van der Waals surface area contributed by atoms with Gasteiger partial charge in [0.05, 0.1) is 0 Å². The Bertz CT molecular complexity index is 296. The lowest BCUT2D eigenvalue weighted by molar-refractivity contribution is 0.848. The van der Waals surface area contributed by atoms with Crippen molar-refractivity contribution >= 4 is 11.6 Å². The Balaban J connectivity index is 3.14. The summed E-state index contributed by atoms with van der Waals surface area (Å²) in [7, 11) is 1.88. The number of anilines is 2. The minimum atomic E-state index is 0.410. The first-order valence-corrected chi connectivity index (χ1v) is 4.97. The minimum absolute atomic E-state index is 0.410. The third-order valence-corrected chi connectivity index (χ3v) is 2.04. The maximum atomic E-state index is 4.24. The van der Waals surface area contributed by atoms with Crippen LogP contribution in [0.3, 0.4) is 0 Å². The molecule has 0 aliphatic rings. The molecule has 0 aliphatic carbocycles. The molecule has 2 N–H and O–H groups in total. The van der Waals surface area contributed by atoms with Gasteiger partial charge in [-0.1, -0.05) is 13.8 Å². The molecule has 1 rings (SSSR count). The molecule has 1 aromatic rings. The minimum Gasteiger partial charge on any atom is -0.373 e. The van der Waals surface area contributed by atoms with Gasteiger partial charge in [0, 0.05) is 19.2 Å². The van der Waals surface area contributed by atoms with Gasteiger partial charge in [-0.3, -0.25) is 0 Å². The lowest BCUT2D eigenvalue weighted by Gasteiger charge is -2.15. The SMILES string of the molecule is CCNc1ncnc(NC)c1C(C)C. The summed E-state index contributed by atoms with van der Waals surface area (Å²) in [6, 6.07) is 0. The summed E-state index contributed by atoms with van der Waals surface area (Å²) in [4.78, 5) is 8.44. The summed E-state index contributed by atoms with van der Waals surface area (Å²) in [5, 5.41) is 6.33. The van der Waals surface area contributed by atoms with Gasteiger partial charge < -0.3 is 10.6 Å². The van der Waals surface area contributed by atoms with Crippen molar-refractivity contribution in [2.24, 2.45) is 0 Å². The third kappa shape index (κ3) is 2.13. The van der Waals surface area contributed by atoms with E-state index in [0.717, 1.165) is 23.7 Å². The van der Waals surface area contributed by atoms with Gasteiger partial charge in [-0.15, -0.1) is 0 Å². The maximum Gasteiger partial charge on any atom is 0.134 e. The number of aromatic nitrogens is 2. The fourth-order valence-electron chi connectivity index (χ4n) is 1.45. The van der Waals surface area contributed by atoms with E-state index in [9.17, 15) is 0 Å². The normalized spacial score (nSPS) is 10.4.